The van der Waals surface area contributed by atoms with Crippen molar-refractivity contribution in [3.8, 4) is 24.7 Å². The fourth-order valence-corrected chi connectivity index (χ4v) is 8.25. The Labute approximate surface area is 314 Å². The van der Waals surface area contributed by atoms with Gasteiger partial charge in [0.1, 0.15) is 6.54 Å². The van der Waals surface area contributed by atoms with Crippen LogP contribution in [-0.2, 0) is 29.9 Å². The summed E-state index contributed by atoms with van der Waals surface area (Å²) in [7, 11) is 0. The van der Waals surface area contributed by atoms with Crippen molar-refractivity contribution in [1.29, 1.82) is 0 Å². The molecule has 53 heavy (non-hydrogen) atoms. The zero-order valence-electron chi connectivity index (χ0n) is 31.4. The number of rotatable bonds is 14. The van der Waals surface area contributed by atoms with Crippen LogP contribution in [0.4, 0.5) is 11.4 Å². The van der Waals surface area contributed by atoms with Gasteiger partial charge >= 0.3 is 11.9 Å². The van der Waals surface area contributed by atoms with E-state index in [1.807, 2.05) is 0 Å². The van der Waals surface area contributed by atoms with Crippen molar-refractivity contribution >= 4 is 50.6 Å². The Hall–Kier alpha value is -5.59. The maximum atomic E-state index is 12.2. The number of unbranched alkanes of at least 4 members (excludes halogenated alkanes) is 2. The quantitative estimate of drug-likeness (QED) is 0.0567. The highest BCUT2D eigenvalue weighted by molar-refractivity contribution is 6.07. The van der Waals surface area contributed by atoms with Crippen molar-refractivity contribution in [2.45, 2.75) is 77.0 Å². The minimum Gasteiger partial charge on any atom is -0.452 e. The van der Waals surface area contributed by atoms with E-state index in [9.17, 15) is 9.59 Å². The van der Waals surface area contributed by atoms with Crippen LogP contribution in [0, 0.1) is 24.7 Å². The molecule has 2 aliphatic heterocycles. The van der Waals surface area contributed by atoms with Crippen molar-refractivity contribution in [3.63, 3.8) is 0 Å². The van der Waals surface area contributed by atoms with Gasteiger partial charge in [-0.25, -0.2) is 0 Å². The zero-order chi connectivity index (χ0) is 37.6. The number of hydrogen-bond donors (Lipinski definition) is 0. The topological polar surface area (TPSA) is 58.8 Å². The highest BCUT2D eigenvalue weighted by atomic mass is 16.5. The molecule has 0 fully saturated rings. The highest BCUT2D eigenvalue weighted by Gasteiger charge is 2.45. The average Bonchev–Trinajstić information content (AvgIpc) is 3.51. The number of fused-ring (bicyclic) bond motifs is 6. The molecule has 0 bridgehead atoms. The second kappa shape index (κ2) is 16.0. The molecule has 4 aromatic carbocycles. The molecular formula is C47H49N2O4+. The van der Waals surface area contributed by atoms with E-state index in [-0.39, 0.29) is 36.0 Å². The van der Waals surface area contributed by atoms with Gasteiger partial charge in [-0.1, -0.05) is 86.4 Å². The van der Waals surface area contributed by atoms with E-state index in [4.69, 9.17) is 22.3 Å². The molecule has 6 nitrogen and oxygen atoms in total. The van der Waals surface area contributed by atoms with Gasteiger partial charge in [-0.15, -0.1) is 12.8 Å². The maximum absolute atomic E-state index is 12.2. The summed E-state index contributed by atoms with van der Waals surface area (Å²) in [5.74, 6) is 4.22. The standard InChI is InChI=1S/C47H49N2O4/c1-7-32-52-42(50)24-13-15-30-48-38-28-26-34-18-9-11-20-36(34)44(38)46(3,4)40(48)22-17-23-41-47(5,6)45-37-21-12-10-19-35(37)27-29-39(45)49(41)31-16-14-25-43(51)53-33-8-2/h1-2,9-12,17-23,26-29H,13-16,24-25,30-33H2,3-6H3/q+1. The summed E-state index contributed by atoms with van der Waals surface area (Å²) >= 11 is 0. The summed E-state index contributed by atoms with van der Waals surface area (Å²) < 4.78 is 12.7. The van der Waals surface area contributed by atoms with E-state index < -0.39 is 0 Å². The zero-order valence-corrected chi connectivity index (χ0v) is 31.4. The molecule has 270 valence electrons. The van der Waals surface area contributed by atoms with Crippen LogP contribution in [0.1, 0.15) is 77.3 Å². The Morgan fingerprint density at radius 2 is 1.32 bits per heavy atom. The molecule has 0 radical (unpaired) electrons. The Balaban J connectivity index is 1.34. The van der Waals surface area contributed by atoms with Crippen LogP contribution in [0.15, 0.2) is 96.7 Å². The van der Waals surface area contributed by atoms with Crippen molar-refractivity contribution < 1.29 is 23.6 Å². The van der Waals surface area contributed by atoms with Gasteiger partial charge in [0.15, 0.2) is 18.9 Å². The molecule has 0 amide bonds. The fraction of sp³-hybridized carbons (Fsp3) is 0.340. The number of anilines is 1. The third-order valence-electron chi connectivity index (χ3n) is 10.7. The lowest BCUT2D eigenvalue weighted by Gasteiger charge is -2.27. The fourth-order valence-electron chi connectivity index (χ4n) is 8.25. The van der Waals surface area contributed by atoms with Gasteiger partial charge in [-0.05, 0) is 78.4 Å². The van der Waals surface area contributed by atoms with E-state index >= 15 is 0 Å². The normalized spacial score (nSPS) is 16.2. The first-order chi connectivity index (χ1) is 25.6. The minimum atomic E-state index is -0.269. The van der Waals surface area contributed by atoms with Crippen LogP contribution in [0.25, 0.3) is 21.5 Å². The van der Waals surface area contributed by atoms with Crippen molar-refractivity contribution in [2.24, 2.45) is 0 Å². The Morgan fingerprint density at radius 3 is 1.96 bits per heavy atom. The summed E-state index contributed by atoms with van der Waals surface area (Å²) in [5.41, 5.74) is 6.94. The molecule has 0 atom stereocenters. The number of benzene rings is 4. The minimum absolute atomic E-state index is 0.00908. The maximum Gasteiger partial charge on any atom is 0.306 e. The SMILES string of the molecule is C#CCOC(=O)CCCCN1/C(=C\C=C\C2=[N+](CCCCC(=O)OCC#C)c3ccc4ccccc4c3C2(C)C)C(C)(C)c2c1ccc1ccccc21. The molecule has 0 aromatic heterocycles. The number of esters is 2. The average molecular weight is 706 g/mol. The predicted molar refractivity (Wildman–Crippen MR) is 216 cm³/mol. The summed E-state index contributed by atoms with van der Waals surface area (Å²) in [6, 6.07) is 26.1. The van der Waals surface area contributed by atoms with Gasteiger partial charge in [0.05, 0.1) is 5.41 Å². The second-order valence-corrected chi connectivity index (χ2v) is 14.9. The van der Waals surface area contributed by atoms with Crippen LogP contribution < -0.4 is 4.90 Å². The number of terminal acetylenes is 2. The Kier molecular flexibility index (Phi) is 11.2. The molecule has 0 N–H and O–H groups in total. The lowest BCUT2D eigenvalue weighted by Crippen LogP contribution is -2.28. The molecule has 6 heteroatoms. The number of ether oxygens (including phenoxy) is 2. The van der Waals surface area contributed by atoms with E-state index in [1.165, 1.54) is 55.5 Å². The van der Waals surface area contributed by atoms with Gasteiger partial charge in [0, 0.05) is 60.3 Å². The van der Waals surface area contributed by atoms with Crippen LogP contribution >= 0.6 is 0 Å². The highest BCUT2D eigenvalue weighted by Crippen LogP contribution is 2.51. The van der Waals surface area contributed by atoms with Crippen LogP contribution in [0.5, 0.6) is 0 Å². The Bertz CT molecular complexity index is 2220. The Morgan fingerprint density at radius 1 is 0.736 bits per heavy atom. The van der Waals surface area contributed by atoms with Crippen LogP contribution in [0.3, 0.4) is 0 Å². The molecule has 0 spiro atoms. The predicted octanol–water partition coefficient (Wildman–Crippen LogP) is 9.30. The third-order valence-corrected chi connectivity index (χ3v) is 10.7. The summed E-state index contributed by atoms with van der Waals surface area (Å²) in [6.45, 7) is 10.8. The number of allylic oxidation sites excluding steroid dienone is 4. The lowest BCUT2D eigenvalue weighted by atomic mass is 9.79. The molecule has 4 aromatic rings. The van der Waals surface area contributed by atoms with E-state index in [0.29, 0.717) is 25.7 Å². The molecule has 2 aliphatic rings. The molecule has 6 rings (SSSR count). The summed E-state index contributed by atoms with van der Waals surface area (Å²) in [5, 5.41) is 4.96. The molecule has 0 unspecified atom stereocenters. The van der Waals surface area contributed by atoms with Gasteiger partial charge < -0.3 is 14.4 Å². The van der Waals surface area contributed by atoms with Gasteiger partial charge in [0.2, 0.25) is 5.69 Å². The second-order valence-electron chi connectivity index (χ2n) is 14.9. The first kappa shape index (κ1) is 37.2. The molecular weight excluding hydrogens is 657 g/mol. The van der Waals surface area contributed by atoms with Crippen molar-refractivity contribution in [3.05, 3.63) is 108 Å². The van der Waals surface area contributed by atoms with Gasteiger partial charge in [-0.3, -0.25) is 9.59 Å². The van der Waals surface area contributed by atoms with Gasteiger partial charge in [0.25, 0.3) is 0 Å². The molecule has 2 heterocycles. The van der Waals surface area contributed by atoms with Crippen LogP contribution in [0.2, 0.25) is 0 Å². The van der Waals surface area contributed by atoms with E-state index in [0.717, 1.165) is 25.9 Å². The number of carbonyl (C=O) groups is 2. The smallest absolute Gasteiger partial charge is 0.306 e. The summed E-state index contributed by atoms with van der Waals surface area (Å²) in [4.78, 5) is 26.8. The lowest BCUT2D eigenvalue weighted by molar-refractivity contribution is -0.438. The molecule has 0 saturated carbocycles. The number of carbonyl (C=O) groups excluding carboxylic acids is 2. The molecule has 0 aliphatic carbocycles. The number of nitrogens with zero attached hydrogens (tertiary/aromatic N) is 2. The first-order valence-corrected chi connectivity index (χ1v) is 18.6. The largest absolute Gasteiger partial charge is 0.452 e. The van der Waals surface area contributed by atoms with E-state index in [1.54, 1.807) is 0 Å². The van der Waals surface area contributed by atoms with Crippen molar-refractivity contribution in [2.75, 3.05) is 31.2 Å². The first-order valence-electron chi connectivity index (χ1n) is 18.6. The summed E-state index contributed by atoms with van der Waals surface area (Å²) in [6.07, 6.45) is 21.1. The van der Waals surface area contributed by atoms with Crippen LogP contribution in [-0.4, -0.2) is 48.5 Å². The van der Waals surface area contributed by atoms with Gasteiger partial charge in [-0.2, -0.15) is 4.58 Å². The molecule has 0 saturated heterocycles. The van der Waals surface area contributed by atoms with E-state index in [2.05, 4.69) is 140 Å². The van der Waals surface area contributed by atoms with Crippen molar-refractivity contribution in [1.82, 2.24) is 0 Å². The third kappa shape index (κ3) is 7.51. The monoisotopic (exact) mass is 705 g/mol. The number of hydrogen-bond acceptors (Lipinski definition) is 5.